The molecule has 7 heteroatoms. The summed E-state index contributed by atoms with van der Waals surface area (Å²) in [4.78, 5) is 36.2. The molecule has 0 saturated carbocycles. The van der Waals surface area contributed by atoms with Crippen molar-refractivity contribution < 1.29 is 14.5 Å². The Labute approximate surface area is 144 Å². The minimum Gasteiger partial charge on any atom is -0.352 e. The zero-order chi connectivity index (χ0) is 17.8. The summed E-state index contributed by atoms with van der Waals surface area (Å²) in [6.07, 6.45) is 0.137. The van der Waals surface area contributed by atoms with Crippen molar-refractivity contribution >= 4 is 23.2 Å². The van der Waals surface area contributed by atoms with Crippen molar-refractivity contribution in [2.24, 2.45) is 5.92 Å². The summed E-state index contributed by atoms with van der Waals surface area (Å²) >= 11 is 0. The molecule has 1 saturated heterocycles. The van der Waals surface area contributed by atoms with Crippen molar-refractivity contribution in [2.45, 2.75) is 13.0 Å². The van der Waals surface area contributed by atoms with Gasteiger partial charge in [-0.05, 0) is 17.7 Å². The minimum atomic E-state index is -0.491. The van der Waals surface area contributed by atoms with Crippen molar-refractivity contribution in [3.63, 3.8) is 0 Å². The summed E-state index contributed by atoms with van der Waals surface area (Å²) < 4.78 is 0. The van der Waals surface area contributed by atoms with Crippen LogP contribution in [0.5, 0.6) is 0 Å². The van der Waals surface area contributed by atoms with Gasteiger partial charge in [-0.1, -0.05) is 30.3 Å². The molecule has 3 rings (SSSR count). The van der Waals surface area contributed by atoms with Crippen LogP contribution in [-0.2, 0) is 16.1 Å². The van der Waals surface area contributed by atoms with Crippen LogP contribution in [-0.4, -0.2) is 23.3 Å². The maximum atomic E-state index is 12.3. The third-order valence-electron chi connectivity index (χ3n) is 4.18. The maximum absolute atomic E-state index is 12.3. The average molecular weight is 339 g/mol. The standard InChI is InChI=1S/C18H17N3O4/c22-17-10-14(18(23)19-11-13-4-2-1-3-5-13)12-20(17)15-6-8-16(9-7-15)21(24)25/h1-9,14H,10-12H2,(H,19,23)/t14-/m0/s1. The van der Waals surface area contributed by atoms with E-state index in [1.54, 1.807) is 0 Å². The number of rotatable bonds is 5. The molecular formula is C18H17N3O4. The number of carbonyl (C=O) groups excluding carboxylic acids is 2. The summed E-state index contributed by atoms with van der Waals surface area (Å²) in [6, 6.07) is 15.3. The molecule has 1 aliphatic heterocycles. The molecule has 2 amide bonds. The number of benzene rings is 2. The molecule has 1 heterocycles. The van der Waals surface area contributed by atoms with E-state index in [2.05, 4.69) is 5.32 Å². The molecule has 2 aromatic rings. The molecule has 25 heavy (non-hydrogen) atoms. The highest BCUT2D eigenvalue weighted by molar-refractivity contribution is 6.00. The van der Waals surface area contributed by atoms with Crippen molar-refractivity contribution in [1.29, 1.82) is 0 Å². The van der Waals surface area contributed by atoms with Gasteiger partial charge in [-0.2, -0.15) is 0 Å². The van der Waals surface area contributed by atoms with Crippen LogP contribution in [0.1, 0.15) is 12.0 Å². The Kier molecular flexibility index (Phi) is 4.74. The molecule has 0 unspecified atom stereocenters. The predicted molar refractivity (Wildman–Crippen MR) is 91.8 cm³/mol. The highest BCUT2D eigenvalue weighted by atomic mass is 16.6. The third-order valence-corrected chi connectivity index (χ3v) is 4.18. The Morgan fingerprint density at radius 3 is 2.48 bits per heavy atom. The number of anilines is 1. The van der Waals surface area contributed by atoms with Crippen molar-refractivity contribution in [3.05, 3.63) is 70.3 Å². The van der Waals surface area contributed by atoms with Crippen molar-refractivity contribution in [3.8, 4) is 0 Å². The summed E-state index contributed by atoms with van der Waals surface area (Å²) in [5.74, 6) is -0.748. The van der Waals surface area contributed by atoms with Gasteiger partial charge in [0, 0.05) is 37.3 Å². The highest BCUT2D eigenvalue weighted by Crippen LogP contribution is 2.27. The van der Waals surface area contributed by atoms with Crippen LogP contribution in [0.2, 0.25) is 0 Å². The third kappa shape index (κ3) is 3.82. The number of nitrogens with one attached hydrogen (secondary N) is 1. The largest absolute Gasteiger partial charge is 0.352 e. The van der Waals surface area contributed by atoms with E-state index in [1.165, 1.54) is 29.2 Å². The monoisotopic (exact) mass is 339 g/mol. The van der Waals surface area contributed by atoms with E-state index in [-0.39, 0.29) is 30.5 Å². The van der Waals surface area contributed by atoms with Crippen LogP contribution in [0.25, 0.3) is 0 Å². The summed E-state index contributed by atoms with van der Waals surface area (Å²) in [7, 11) is 0. The molecule has 7 nitrogen and oxygen atoms in total. The second-order valence-corrected chi connectivity index (χ2v) is 5.88. The average Bonchev–Trinajstić information content (AvgIpc) is 3.02. The number of nitrogens with zero attached hydrogens (tertiary/aromatic N) is 2. The SMILES string of the molecule is O=C(NCc1ccccc1)[C@H]1CC(=O)N(c2ccc([N+](=O)[O-])cc2)C1. The van der Waals surface area contributed by atoms with Crippen LogP contribution >= 0.6 is 0 Å². The van der Waals surface area contributed by atoms with Gasteiger partial charge in [-0.25, -0.2) is 0 Å². The lowest BCUT2D eigenvalue weighted by Crippen LogP contribution is -2.32. The highest BCUT2D eigenvalue weighted by Gasteiger charge is 2.35. The fourth-order valence-electron chi connectivity index (χ4n) is 2.82. The summed E-state index contributed by atoms with van der Waals surface area (Å²) in [5, 5.41) is 13.6. The minimum absolute atomic E-state index is 0.0347. The lowest BCUT2D eigenvalue weighted by atomic mass is 10.1. The van der Waals surface area contributed by atoms with Gasteiger partial charge in [-0.3, -0.25) is 19.7 Å². The van der Waals surface area contributed by atoms with Crippen molar-refractivity contribution in [2.75, 3.05) is 11.4 Å². The van der Waals surface area contributed by atoms with E-state index in [0.717, 1.165) is 5.56 Å². The number of hydrogen-bond acceptors (Lipinski definition) is 4. The summed E-state index contributed by atoms with van der Waals surface area (Å²) in [6.45, 7) is 0.694. The molecule has 128 valence electrons. The predicted octanol–water partition coefficient (Wildman–Crippen LogP) is 2.26. The molecule has 2 aromatic carbocycles. The van der Waals surface area contributed by atoms with E-state index >= 15 is 0 Å². The molecule has 0 aliphatic carbocycles. The number of nitro groups is 1. The van der Waals surface area contributed by atoms with Crippen LogP contribution < -0.4 is 10.2 Å². The van der Waals surface area contributed by atoms with Crippen LogP contribution in [0.4, 0.5) is 11.4 Å². The quantitative estimate of drug-likeness (QED) is 0.668. The number of carbonyl (C=O) groups is 2. The molecule has 0 radical (unpaired) electrons. The van der Waals surface area contributed by atoms with E-state index in [0.29, 0.717) is 12.2 Å². The van der Waals surface area contributed by atoms with Gasteiger partial charge in [0.2, 0.25) is 11.8 Å². The maximum Gasteiger partial charge on any atom is 0.269 e. The van der Waals surface area contributed by atoms with Crippen LogP contribution in [0.15, 0.2) is 54.6 Å². The molecule has 1 N–H and O–H groups in total. The normalized spacial score (nSPS) is 16.7. The second kappa shape index (κ2) is 7.12. The Balaban J connectivity index is 1.61. The van der Waals surface area contributed by atoms with Gasteiger partial charge in [0.1, 0.15) is 0 Å². The number of amides is 2. The Morgan fingerprint density at radius 2 is 1.84 bits per heavy atom. The topological polar surface area (TPSA) is 92.6 Å². The first-order chi connectivity index (χ1) is 12.0. The van der Waals surface area contributed by atoms with E-state index in [4.69, 9.17) is 0 Å². The Bertz CT molecular complexity index is 790. The molecular weight excluding hydrogens is 322 g/mol. The molecule has 0 bridgehead atoms. The van der Waals surface area contributed by atoms with E-state index < -0.39 is 10.8 Å². The fraction of sp³-hybridized carbons (Fsp3) is 0.222. The van der Waals surface area contributed by atoms with Gasteiger partial charge in [0.25, 0.3) is 5.69 Å². The van der Waals surface area contributed by atoms with Crippen LogP contribution in [0.3, 0.4) is 0 Å². The van der Waals surface area contributed by atoms with E-state index in [1.807, 2.05) is 30.3 Å². The Morgan fingerprint density at radius 1 is 1.16 bits per heavy atom. The first kappa shape index (κ1) is 16.6. The molecule has 1 atom stereocenters. The number of hydrogen-bond donors (Lipinski definition) is 1. The zero-order valence-electron chi connectivity index (χ0n) is 13.4. The van der Waals surface area contributed by atoms with E-state index in [9.17, 15) is 19.7 Å². The van der Waals surface area contributed by atoms with Gasteiger partial charge >= 0.3 is 0 Å². The summed E-state index contributed by atoms with van der Waals surface area (Å²) in [5.41, 5.74) is 1.52. The zero-order valence-corrected chi connectivity index (χ0v) is 13.4. The molecule has 0 spiro atoms. The van der Waals surface area contributed by atoms with Gasteiger partial charge in [-0.15, -0.1) is 0 Å². The van der Waals surface area contributed by atoms with Crippen LogP contribution in [0, 0.1) is 16.0 Å². The van der Waals surface area contributed by atoms with Crippen molar-refractivity contribution in [1.82, 2.24) is 5.32 Å². The molecule has 1 aliphatic rings. The molecule has 0 aromatic heterocycles. The van der Waals surface area contributed by atoms with Gasteiger partial charge in [0.15, 0.2) is 0 Å². The fourth-order valence-corrected chi connectivity index (χ4v) is 2.82. The smallest absolute Gasteiger partial charge is 0.269 e. The molecule has 1 fully saturated rings. The lowest BCUT2D eigenvalue weighted by Gasteiger charge is -2.16. The lowest BCUT2D eigenvalue weighted by molar-refractivity contribution is -0.384. The van der Waals surface area contributed by atoms with Gasteiger partial charge in [0.05, 0.1) is 10.8 Å². The first-order valence-electron chi connectivity index (χ1n) is 7.91. The number of non-ortho nitro benzene ring substituents is 1. The number of nitro benzene ring substituents is 1. The van der Waals surface area contributed by atoms with Gasteiger partial charge < -0.3 is 10.2 Å². The second-order valence-electron chi connectivity index (χ2n) is 5.88. The first-order valence-corrected chi connectivity index (χ1v) is 7.91. The Hall–Kier alpha value is -3.22.